The molecule has 0 aliphatic rings. The first-order valence-electron chi connectivity index (χ1n) is 37.0. The van der Waals surface area contributed by atoms with E-state index in [-0.39, 0.29) is 119 Å². The summed E-state index contributed by atoms with van der Waals surface area (Å²) < 4.78 is 31.7. The quantitative estimate of drug-likeness (QED) is 0.0326. The number of carboxylic acid groups (broad SMARTS) is 4. The predicted molar refractivity (Wildman–Crippen MR) is 394 cm³/mol. The monoisotopic (exact) mass is 1580 g/mol. The molecule has 0 unspecified atom stereocenters. The van der Waals surface area contributed by atoms with E-state index in [9.17, 15) is 105 Å². The van der Waals surface area contributed by atoms with Crippen LogP contribution < -0.4 is 86.7 Å². The molecule has 630 valence electrons. The number of amides is 13. The van der Waals surface area contributed by atoms with Crippen LogP contribution >= 0.6 is 0 Å². The van der Waals surface area contributed by atoms with E-state index in [1.807, 2.05) is 0 Å². The molecular formula is C70H123F3N16O21. The molecule has 0 saturated carbocycles. The molecular weight excluding hydrogens is 1460 g/mol. The molecule has 110 heavy (non-hydrogen) atoms. The zero-order valence-electron chi connectivity index (χ0n) is 65.4. The maximum atomic E-state index is 14.5. The number of alkyl halides is 3. The van der Waals surface area contributed by atoms with Gasteiger partial charge in [0.1, 0.15) is 72.5 Å². The van der Waals surface area contributed by atoms with Gasteiger partial charge in [0.05, 0.1) is 19.3 Å². The summed E-state index contributed by atoms with van der Waals surface area (Å²) in [6, 6.07) is -17.9. The van der Waals surface area contributed by atoms with Crippen LogP contribution in [0.2, 0.25) is 0 Å². The van der Waals surface area contributed by atoms with Gasteiger partial charge in [0.15, 0.2) is 0 Å². The van der Waals surface area contributed by atoms with Crippen LogP contribution in [0, 0.1) is 35.5 Å². The van der Waals surface area contributed by atoms with E-state index >= 15 is 0 Å². The highest BCUT2D eigenvalue weighted by Crippen LogP contribution is 2.17. The highest BCUT2D eigenvalue weighted by molar-refractivity contribution is 6.01. The maximum Gasteiger partial charge on any atom is 0.490 e. The van der Waals surface area contributed by atoms with Gasteiger partial charge >= 0.3 is 30.1 Å². The second-order valence-electron chi connectivity index (χ2n) is 29.6. The highest BCUT2D eigenvalue weighted by atomic mass is 19.4. The van der Waals surface area contributed by atoms with Crippen molar-refractivity contribution in [1.29, 1.82) is 0 Å². The summed E-state index contributed by atoms with van der Waals surface area (Å²) in [5.41, 5.74) is 22.7. The largest absolute Gasteiger partial charge is 0.490 e. The third kappa shape index (κ3) is 45.6. The van der Waals surface area contributed by atoms with E-state index < -0.39 is 199 Å². The van der Waals surface area contributed by atoms with Crippen molar-refractivity contribution < 1.29 is 115 Å². The molecule has 0 saturated heterocycles. The van der Waals surface area contributed by atoms with Crippen LogP contribution in [0.5, 0.6) is 0 Å². The van der Waals surface area contributed by atoms with Crippen LogP contribution in [0.15, 0.2) is 0 Å². The number of nitrogens with two attached hydrogens (primary N) is 4. The van der Waals surface area contributed by atoms with Crippen molar-refractivity contribution in [3.05, 3.63) is 0 Å². The van der Waals surface area contributed by atoms with Crippen LogP contribution in [0.3, 0.4) is 0 Å². The number of hydrogen-bond acceptors (Lipinski definition) is 20. The third-order valence-corrected chi connectivity index (χ3v) is 16.1. The van der Waals surface area contributed by atoms with Crippen molar-refractivity contribution in [3.63, 3.8) is 0 Å². The van der Waals surface area contributed by atoms with Crippen LogP contribution in [-0.4, -0.2) is 219 Å². The third-order valence-electron chi connectivity index (χ3n) is 16.1. The standard InChI is InChI=1S/C68H122N16O19.C2HF3O2/c1-35(2)26-45(57(72)92)76-66(101)51(32-54(86)87)82-64(99)49(30-39(9)10)78-59(94)43(21-15-18-24-70)74-62(97)47(28-37(5)6)81-68(103)53(34-56(90)91)84-65(100)50(31-40(11)12)79-60(95)44(22-16-19-25-71)75-61(96)46(27-36(3)4)80-67(102)52(33-55(88)89)83-63(98)48(29-38(7)8)77-58(93)42(73-41(13)85)20-14-17-23-69;3-2(4,5)1(6)7/h35-40,42-53H,14-34,69-71H2,1-13H3,(H2,72,92)(H,73,85)(H,74,97)(H,75,96)(H,76,101)(H,77,93)(H,78,94)(H,79,95)(H,80,102)(H,81,103)(H,82,99)(H,83,98)(H,84,100)(H,86,87)(H,88,89)(H,90,91);(H,6,7)/t42-,43-,44-,45-,46-,47-,48-,49-,50-,51-,52-,53-;/m0./s1. The first kappa shape index (κ1) is 103. The molecule has 0 aromatic rings. The van der Waals surface area contributed by atoms with Crippen molar-refractivity contribution in [2.75, 3.05) is 19.6 Å². The smallest absolute Gasteiger partial charge is 0.481 e. The minimum atomic E-state index is -5.08. The molecule has 0 aromatic carbocycles. The Labute approximate surface area is 639 Å². The maximum absolute atomic E-state index is 14.5. The summed E-state index contributed by atoms with van der Waals surface area (Å²) in [5, 5.41) is 67.1. The summed E-state index contributed by atoms with van der Waals surface area (Å²) in [4.78, 5) is 225. The summed E-state index contributed by atoms with van der Waals surface area (Å²) in [6.07, 6.45) is -6.10. The minimum absolute atomic E-state index is 0.0198. The molecule has 37 nitrogen and oxygen atoms in total. The lowest BCUT2D eigenvalue weighted by molar-refractivity contribution is -0.192. The fraction of sp³-hybridized carbons (Fsp3) is 0.757. The van der Waals surface area contributed by atoms with Gasteiger partial charge in [-0.2, -0.15) is 13.2 Å². The number of carbonyl (C=O) groups is 17. The molecule has 40 heteroatoms. The highest BCUT2D eigenvalue weighted by Gasteiger charge is 2.40. The van der Waals surface area contributed by atoms with Crippen molar-refractivity contribution in [2.45, 2.75) is 284 Å². The van der Waals surface area contributed by atoms with Gasteiger partial charge in [0.2, 0.25) is 76.8 Å². The molecule has 24 N–H and O–H groups in total. The van der Waals surface area contributed by atoms with Gasteiger partial charge in [-0.15, -0.1) is 0 Å². The Hall–Kier alpha value is -9.34. The molecule has 0 bridgehead atoms. The molecule has 0 heterocycles. The topological polar surface area (TPSA) is 620 Å². The van der Waals surface area contributed by atoms with E-state index in [0.29, 0.717) is 32.2 Å². The lowest BCUT2D eigenvalue weighted by Crippen LogP contribution is -2.61. The zero-order chi connectivity index (χ0) is 85.0. The average molecular weight is 1580 g/mol. The average Bonchev–Trinajstić information content (AvgIpc) is 0.855. The first-order chi connectivity index (χ1) is 51.0. The van der Waals surface area contributed by atoms with Crippen molar-refractivity contribution in [1.82, 2.24) is 63.8 Å². The molecule has 12 atom stereocenters. The van der Waals surface area contributed by atoms with Gasteiger partial charge in [-0.25, -0.2) is 4.79 Å². The fourth-order valence-electron chi connectivity index (χ4n) is 10.9. The molecule has 0 radical (unpaired) electrons. The van der Waals surface area contributed by atoms with E-state index in [2.05, 4.69) is 63.8 Å². The lowest BCUT2D eigenvalue weighted by Gasteiger charge is -2.29. The molecule has 0 rings (SSSR count). The van der Waals surface area contributed by atoms with Crippen LogP contribution in [-0.2, 0) is 81.5 Å². The molecule has 13 amide bonds. The Morgan fingerprint density at radius 1 is 0.282 bits per heavy atom. The number of unbranched alkanes of at least 4 members (excludes halogenated alkanes) is 3. The minimum Gasteiger partial charge on any atom is -0.481 e. The number of primary amides is 1. The van der Waals surface area contributed by atoms with Gasteiger partial charge in [0, 0.05) is 6.92 Å². The van der Waals surface area contributed by atoms with Crippen LogP contribution in [0.1, 0.15) is 206 Å². The Morgan fingerprint density at radius 2 is 0.445 bits per heavy atom. The van der Waals surface area contributed by atoms with E-state index in [1.165, 1.54) is 6.92 Å². The summed E-state index contributed by atoms with van der Waals surface area (Å²) in [6.45, 7) is 22.5. The second-order valence-corrected chi connectivity index (χ2v) is 29.6. The van der Waals surface area contributed by atoms with Gasteiger partial charge in [-0.3, -0.25) is 76.7 Å². The molecule has 0 fully saturated rings. The Kier molecular flexibility index (Phi) is 50.0. The SMILES string of the molecule is CC(=O)N[C@@H](CCCCN)C(=O)N[C@@H](CC(C)C)C(=O)N[C@@H](CC(=O)O)C(=O)N[C@@H](CC(C)C)C(=O)N[C@@H](CCCCN)C(=O)N[C@@H](CC(C)C)C(=O)N[C@@H](CC(=O)O)C(=O)N[C@@H](CC(C)C)C(=O)N[C@@H](CCCCN)C(=O)N[C@@H](CC(C)C)C(=O)N[C@@H](CC(=O)O)C(=O)N[C@@H](CC(C)C)C(N)=O.O=C(O)C(F)(F)F. The summed E-state index contributed by atoms with van der Waals surface area (Å²) in [7, 11) is 0. The van der Waals surface area contributed by atoms with E-state index in [4.69, 9.17) is 32.8 Å². The van der Waals surface area contributed by atoms with Crippen molar-refractivity contribution in [3.8, 4) is 0 Å². The van der Waals surface area contributed by atoms with Gasteiger partial charge in [-0.05, 0) is 151 Å². The molecule has 0 aliphatic heterocycles. The Bertz CT molecular complexity index is 3030. The molecule has 0 spiro atoms. The van der Waals surface area contributed by atoms with Gasteiger partial charge in [-0.1, -0.05) is 83.1 Å². The normalized spacial score (nSPS) is 14.7. The van der Waals surface area contributed by atoms with Crippen LogP contribution in [0.25, 0.3) is 0 Å². The molecule has 0 aromatic heterocycles. The number of nitrogens with one attached hydrogen (secondary N) is 12. The van der Waals surface area contributed by atoms with E-state index in [0.717, 1.165) is 0 Å². The van der Waals surface area contributed by atoms with Crippen molar-refractivity contribution in [2.24, 2.45) is 58.4 Å². The van der Waals surface area contributed by atoms with Gasteiger partial charge in [0.25, 0.3) is 0 Å². The summed E-state index contributed by atoms with van der Waals surface area (Å²) >= 11 is 0. The number of halogens is 3. The predicted octanol–water partition coefficient (Wildman–Crippen LogP) is -0.970. The first-order valence-corrected chi connectivity index (χ1v) is 37.0. The van der Waals surface area contributed by atoms with Crippen molar-refractivity contribution >= 4 is 101 Å². The Balaban J connectivity index is 0. The number of rotatable bonds is 54. The number of aliphatic carboxylic acids is 4. The van der Waals surface area contributed by atoms with Gasteiger partial charge < -0.3 is 107 Å². The second kappa shape index (κ2) is 53.5. The number of carbonyl (C=O) groups excluding carboxylic acids is 13. The lowest BCUT2D eigenvalue weighted by atomic mass is 9.99. The summed E-state index contributed by atoms with van der Waals surface area (Å²) in [5.74, 6) is -21.2. The Morgan fingerprint density at radius 3 is 0.618 bits per heavy atom. The zero-order valence-corrected chi connectivity index (χ0v) is 65.4. The fourth-order valence-corrected chi connectivity index (χ4v) is 10.9. The molecule has 0 aliphatic carbocycles. The van der Waals surface area contributed by atoms with Crippen LogP contribution in [0.4, 0.5) is 13.2 Å². The van der Waals surface area contributed by atoms with E-state index in [1.54, 1.807) is 83.1 Å². The number of hydrogen-bond donors (Lipinski definition) is 20. The number of carboxylic acids is 4.